The van der Waals surface area contributed by atoms with Gasteiger partial charge >= 0.3 is 6.43 Å². The molecule has 1 aromatic rings. The standard InChI is InChI=1S/C6H5F3IN3O/c7-3(8)4(9)14-6-2(11)5(10)12-1-13-6/h1,3-4H,11H2. The zero-order valence-corrected chi connectivity index (χ0v) is 8.78. The Balaban J connectivity index is 2.82. The number of rotatable bonds is 3. The number of anilines is 1. The minimum Gasteiger partial charge on any atom is -0.435 e. The summed E-state index contributed by atoms with van der Waals surface area (Å²) in [6.07, 6.45) is -4.92. The molecular formula is C6H5F3IN3O. The third-order valence-corrected chi connectivity index (χ3v) is 2.08. The summed E-state index contributed by atoms with van der Waals surface area (Å²) in [5.41, 5.74) is 5.30. The molecule has 4 nitrogen and oxygen atoms in total. The van der Waals surface area contributed by atoms with Gasteiger partial charge in [-0.1, -0.05) is 0 Å². The molecule has 78 valence electrons. The predicted octanol–water partition coefficient (Wildman–Crippen LogP) is 1.60. The molecule has 1 unspecified atom stereocenters. The first kappa shape index (κ1) is 11.3. The van der Waals surface area contributed by atoms with Crippen molar-refractivity contribution in [2.75, 3.05) is 5.73 Å². The third kappa shape index (κ3) is 2.59. The largest absolute Gasteiger partial charge is 0.435 e. The van der Waals surface area contributed by atoms with E-state index in [0.29, 0.717) is 3.70 Å². The quantitative estimate of drug-likeness (QED) is 0.679. The summed E-state index contributed by atoms with van der Waals surface area (Å²) < 4.78 is 40.5. The van der Waals surface area contributed by atoms with Crippen LogP contribution in [0.25, 0.3) is 0 Å². The highest BCUT2D eigenvalue weighted by molar-refractivity contribution is 14.1. The number of nitrogens with zero attached hydrogens (tertiary/aromatic N) is 2. The minimum atomic E-state index is -3.23. The van der Waals surface area contributed by atoms with Crippen molar-refractivity contribution >= 4 is 28.3 Å². The van der Waals surface area contributed by atoms with Crippen LogP contribution in [0.5, 0.6) is 5.88 Å². The number of nitrogens with two attached hydrogens (primary N) is 1. The topological polar surface area (TPSA) is 61.0 Å². The monoisotopic (exact) mass is 319 g/mol. The Kier molecular flexibility index (Phi) is 3.72. The van der Waals surface area contributed by atoms with Crippen molar-refractivity contribution in [2.45, 2.75) is 12.8 Å². The van der Waals surface area contributed by atoms with Gasteiger partial charge in [-0.25, -0.2) is 13.8 Å². The normalized spacial score (nSPS) is 12.9. The van der Waals surface area contributed by atoms with Crippen molar-refractivity contribution in [1.29, 1.82) is 0 Å². The van der Waals surface area contributed by atoms with Crippen molar-refractivity contribution in [1.82, 2.24) is 9.97 Å². The fourth-order valence-corrected chi connectivity index (χ4v) is 0.967. The molecule has 0 amide bonds. The van der Waals surface area contributed by atoms with Gasteiger partial charge in [0.05, 0.1) is 0 Å². The van der Waals surface area contributed by atoms with Gasteiger partial charge in [0.2, 0.25) is 5.88 Å². The van der Waals surface area contributed by atoms with Crippen LogP contribution in [0.3, 0.4) is 0 Å². The molecule has 0 saturated heterocycles. The van der Waals surface area contributed by atoms with Crippen LogP contribution >= 0.6 is 22.6 Å². The van der Waals surface area contributed by atoms with Crippen LogP contribution in [0.1, 0.15) is 0 Å². The number of ether oxygens (including phenoxy) is 1. The Morgan fingerprint density at radius 3 is 2.57 bits per heavy atom. The van der Waals surface area contributed by atoms with Gasteiger partial charge in [-0.05, 0) is 22.6 Å². The van der Waals surface area contributed by atoms with Gasteiger partial charge in [-0.3, -0.25) is 0 Å². The lowest BCUT2D eigenvalue weighted by Gasteiger charge is -2.10. The second-order valence-electron chi connectivity index (χ2n) is 2.19. The molecule has 0 aliphatic rings. The Hall–Kier alpha value is -0.800. The van der Waals surface area contributed by atoms with E-state index < -0.39 is 12.8 Å². The number of hydrogen-bond acceptors (Lipinski definition) is 4. The zero-order valence-electron chi connectivity index (χ0n) is 6.62. The average molecular weight is 319 g/mol. The molecular weight excluding hydrogens is 314 g/mol. The number of alkyl halides is 3. The van der Waals surface area contributed by atoms with E-state index in [1.165, 1.54) is 0 Å². The van der Waals surface area contributed by atoms with E-state index in [-0.39, 0.29) is 11.6 Å². The number of hydrogen-bond donors (Lipinski definition) is 1. The first-order valence-corrected chi connectivity index (χ1v) is 4.45. The highest BCUT2D eigenvalue weighted by Gasteiger charge is 2.23. The highest BCUT2D eigenvalue weighted by Crippen LogP contribution is 2.23. The molecule has 0 fully saturated rings. The fourth-order valence-electron chi connectivity index (χ4n) is 0.611. The van der Waals surface area contributed by atoms with Gasteiger partial charge in [0.1, 0.15) is 15.7 Å². The molecule has 0 aromatic carbocycles. The van der Waals surface area contributed by atoms with Crippen molar-refractivity contribution in [3.8, 4) is 5.88 Å². The number of aromatic nitrogens is 2. The fraction of sp³-hybridized carbons (Fsp3) is 0.333. The minimum absolute atomic E-state index is 0.0589. The molecule has 0 saturated carbocycles. The van der Waals surface area contributed by atoms with Gasteiger partial charge in [0.15, 0.2) is 0 Å². The van der Waals surface area contributed by atoms with Crippen LogP contribution < -0.4 is 10.5 Å². The molecule has 1 heterocycles. The maximum Gasteiger partial charge on any atom is 0.304 e. The van der Waals surface area contributed by atoms with Crippen molar-refractivity contribution in [3.63, 3.8) is 0 Å². The molecule has 0 spiro atoms. The summed E-state index contributed by atoms with van der Waals surface area (Å²) >= 11 is 1.75. The smallest absolute Gasteiger partial charge is 0.304 e. The Morgan fingerprint density at radius 2 is 2.00 bits per heavy atom. The molecule has 2 N–H and O–H groups in total. The molecule has 0 radical (unpaired) electrons. The van der Waals surface area contributed by atoms with Crippen LogP contribution in [0.15, 0.2) is 6.33 Å². The van der Waals surface area contributed by atoms with Crippen molar-refractivity contribution in [3.05, 3.63) is 10.0 Å². The molecule has 14 heavy (non-hydrogen) atoms. The van der Waals surface area contributed by atoms with Crippen LogP contribution in [-0.2, 0) is 0 Å². The first-order chi connectivity index (χ1) is 6.52. The molecule has 8 heteroatoms. The molecule has 0 aliphatic heterocycles. The van der Waals surface area contributed by atoms with Crippen molar-refractivity contribution in [2.24, 2.45) is 0 Å². The summed E-state index contributed by atoms with van der Waals surface area (Å²) in [5.74, 6) is -0.378. The van der Waals surface area contributed by atoms with Crippen LogP contribution in [-0.4, -0.2) is 22.8 Å². The van der Waals surface area contributed by atoms with E-state index in [2.05, 4.69) is 14.7 Å². The van der Waals surface area contributed by atoms with Crippen LogP contribution in [0.4, 0.5) is 18.9 Å². The summed E-state index contributed by atoms with van der Waals surface area (Å²) in [6, 6.07) is 0. The van der Waals surface area contributed by atoms with E-state index in [1.54, 1.807) is 22.6 Å². The third-order valence-electron chi connectivity index (χ3n) is 1.22. The van der Waals surface area contributed by atoms with Gasteiger partial charge in [-0.2, -0.15) is 9.37 Å². The van der Waals surface area contributed by atoms with Gasteiger partial charge in [-0.15, -0.1) is 0 Å². The maximum atomic E-state index is 12.4. The predicted molar refractivity (Wildman–Crippen MR) is 50.7 cm³/mol. The number of nitrogen functional groups attached to an aromatic ring is 1. The zero-order chi connectivity index (χ0) is 10.7. The summed E-state index contributed by atoms with van der Waals surface area (Å²) in [4.78, 5) is 7.08. The Labute approximate surface area is 90.8 Å². The average Bonchev–Trinajstić information content (AvgIpc) is 2.12. The van der Waals surface area contributed by atoms with Gasteiger partial charge < -0.3 is 10.5 Å². The van der Waals surface area contributed by atoms with Crippen molar-refractivity contribution < 1.29 is 17.9 Å². The summed E-state index contributed by atoms with van der Waals surface area (Å²) in [5, 5.41) is 0. The lowest BCUT2D eigenvalue weighted by Crippen LogP contribution is -2.21. The molecule has 1 atom stereocenters. The van der Waals surface area contributed by atoms with E-state index >= 15 is 0 Å². The lowest BCUT2D eigenvalue weighted by molar-refractivity contribution is -0.0687. The van der Waals surface area contributed by atoms with E-state index in [1.807, 2.05) is 0 Å². The number of halogens is 4. The molecule has 1 aromatic heterocycles. The second kappa shape index (κ2) is 4.62. The van der Waals surface area contributed by atoms with E-state index in [9.17, 15) is 13.2 Å². The van der Waals surface area contributed by atoms with E-state index in [4.69, 9.17) is 5.73 Å². The molecule has 1 rings (SSSR count). The van der Waals surface area contributed by atoms with Crippen LogP contribution in [0.2, 0.25) is 0 Å². The van der Waals surface area contributed by atoms with E-state index in [0.717, 1.165) is 6.33 Å². The first-order valence-electron chi connectivity index (χ1n) is 3.37. The van der Waals surface area contributed by atoms with Crippen LogP contribution in [0, 0.1) is 3.70 Å². The highest BCUT2D eigenvalue weighted by atomic mass is 127. The maximum absolute atomic E-state index is 12.4. The van der Waals surface area contributed by atoms with Gasteiger partial charge in [0.25, 0.3) is 6.36 Å². The Bertz CT molecular complexity index is 325. The van der Waals surface area contributed by atoms with Gasteiger partial charge in [0, 0.05) is 0 Å². The lowest BCUT2D eigenvalue weighted by atomic mass is 10.5. The molecule has 0 aliphatic carbocycles. The summed E-state index contributed by atoms with van der Waals surface area (Å²) in [7, 11) is 0. The summed E-state index contributed by atoms with van der Waals surface area (Å²) in [6.45, 7) is 0. The second-order valence-corrected chi connectivity index (χ2v) is 3.21. The molecule has 0 bridgehead atoms. The SMILES string of the molecule is Nc1c(I)ncnc1OC(F)C(F)F. The Morgan fingerprint density at radius 1 is 1.36 bits per heavy atom.